The van der Waals surface area contributed by atoms with Crippen LogP contribution in [0.4, 0.5) is 0 Å². The minimum atomic E-state index is -0.399. The van der Waals surface area contributed by atoms with Gasteiger partial charge in [-0.2, -0.15) is 4.99 Å². The Morgan fingerprint density at radius 3 is 2.75 bits per heavy atom. The van der Waals surface area contributed by atoms with E-state index in [1.54, 1.807) is 31.4 Å². The maximum atomic E-state index is 12.9. The molecule has 28 heavy (non-hydrogen) atoms. The zero-order valence-electron chi connectivity index (χ0n) is 15.4. The molecule has 0 saturated carbocycles. The molecule has 0 fully saturated rings. The second-order valence-corrected chi connectivity index (χ2v) is 6.95. The molecular formula is C20H18N2O5S. The molecule has 1 aromatic heterocycles. The van der Waals surface area contributed by atoms with E-state index < -0.39 is 5.91 Å². The van der Waals surface area contributed by atoms with Crippen molar-refractivity contribution in [3.8, 4) is 23.0 Å². The number of carbonyl (C=O) groups is 1. The Hall–Kier alpha value is -3.26. The molecule has 1 aliphatic rings. The number of rotatable bonds is 5. The van der Waals surface area contributed by atoms with Gasteiger partial charge in [-0.3, -0.25) is 4.79 Å². The third kappa shape index (κ3) is 3.11. The quantitative estimate of drug-likeness (QED) is 0.616. The molecule has 4 rings (SSSR count). The fraction of sp³-hybridized carbons (Fsp3) is 0.200. The first-order chi connectivity index (χ1) is 13.6. The van der Waals surface area contributed by atoms with Crippen LogP contribution in [0.25, 0.3) is 10.2 Å². The number of benzene rings is 2. The molecule has 144 valence electrons. The second-order valence-electron chi connectivity index (χ2n) is 5.94. The van der Waals surface area contributed by atoms with Crippen molar-refractivity contribution in [2.75, 3.05) is 21.0 Å². The number of nitrogens with zero attached hydrogens (tertiary/aromatic N) is 2. The van der Waals surface area contributed by atoms with E-state index in [0.717, 1.165) is 10.2 Å². The smallest absolute Gasteiger partial charge is 0.283 e. The van der Waals surface area contributed by atoms with E-state index in [9.17, 15) is 4.79 Å². The first kappa shape index (κ1) is 18.1. The topological polar surface area (TPSA) is 71.3 Å². The molecule has 0 N–H and O–H groups in total. The Balaban J connectivity index is 1.84. The van der Waals surface area contributed by atoms with Crippen LogP contribution in [0.5, 0.6) is 23.0 Å². The van der Waals surface area contributed by atoms with E-state index in [2.05, 4.69) is 11.6 Å². The summed E-state index contributed by atoms with van der Waals surface area (Å²) in [7, 11) is 3.06. The predicted molar refractivity (Wildman–Crippen MR) is 106 cm³/mol. The number of amides is 1. The van der Waals surface area contributed by atoms with Gasteiger partial charge in [0.05, 0.1) is 30.0 Å². The number of carbonyl (C=O) groups excluding carboxylic acids is 1. The van der Waals surface area contributed by atoms with Gasteiger partial charge in [-0.1, -0.05) is 17.4 Å². The number of thiazole rings is 1. The monoisotopic (exact) mass is 398 g/mol. The fourth-order valence-electron chi connectivity index (χ4n) is 2.97. The molecule has 0 unspecified atom stereocenters. The number of hydrogen-bond acceptors (Lipinski definition) is 6. The highest BCUT2D eigenvalue weighted by molar-refractivity contribution is 7.16. The lowest BCUT2D eigenvalue weighted by molar-refractivity contribution is 0.0995. The molecule has 0 bridgehead atoms. The number of fused-ring (bicyclic) bond motifs is 2. The first-order valence-corrected chi connectivity index (χ1v) is 9.31. The summed E-state index contributed by atoms with van der Waals surface area (Å²) < 4.78 is 24.3. The summed E-state index contributed by atoms with van der Waals surface area (Å²) in [5.74, 6) is 1.98. The molecule has 0 radical (unpaired) electrons. The third-order valence-corrected chi connectivity index (χ3v) is 5.37. The molecule has 2 aromatic carbocycles. The largest absolute Gasteiger partial charge is 0.497 e. The summed E-state index contributed by atoms with van der Waals surface area (Å²) in [6.07, 6.45) is 1.76. The Morgan fingerprint density at radius 2 is 2.04 bits per heavy atom. The fourth-order valence-corrected chi connectivity index (χ4v) is 4.02. The van der Waals surface area contributed by atoms with Crippen LogP contribution >= 0.6 is 11.3 Å². The van der Waals surface area contributed by atoms with E-state index >= 15 is 0 Å². The lowest BCUT2D eigenvalue weighted by atomic mass is 10.2. The van der Waals surface area contributed by atoms with Crippen molar-refractivity contribution in [1.82, 2.24) is 4.57 Å². The average molecular weight is 398 g/mol. The second kappa shape index (κ2) is 7.40. The lowest BCUT2D eigenvalue weighted by Gasteiger charge is -2.07. The first-order valence-electron chi connectivity index (χ1n) is 8.49. The van der Waals surface area contributed by atoms with Crippen LogP contribution in [0, 0.1) is 0 Å². The minimum Gasteiger partial charge on any atom is -0.497 e. The van der Waals surface area contributed by atoms with Crippen LogP contribution in [0.3, 0.4) is 0 Å². The van der Waals surface area contributed by atoms with Gasteiger partial charge in [-0.05, 0) is 12.1 Å². The Labute approximate surface area is 165 Å². The van der Waals surface area contributed by atoms with E-state index in [0.29, 0.717) is 39.9 Å². The van der Waals surface area contributed by atoms with Gasteiger partial charge in [-0.15, -0.1) is 6.58 Å². The van der Waals surface area contributed by atoms with Crippen LogP contribution in [0.1, 0.15) is 10.4 Å². The summed E-state index contributed by atoms with van der Waals surface area (Å²) in [6.45, 7) is 4.52. The van der Waals surface area contributed by atoms with Gasteiger partial charge in [0, 0.05) is 24.7 Å². The van der Waals surface area contributed by atoms with Crippen LogP contribution < -0.4 is 23.7 Å². The van der Waals surface area contributed by atoms with Crippen molar-refractivity contribution in [1.29, 1.82) is 0 Å². The number of hydrogen-bond donors (Lipinski definition) is 0. The molecule has 7 nitrogen and oxygen atoms in total. The van der Waals surface area contributed by atoms with E-state index in [1.807, 2.05) is 16.7 Å². The SMILES string of the molecule is C=CCn1c(=NC(=O)c2ccc(OC)cc2OC)sc2cc3c(cc21)OCO3. The minimum absolute atomic E-state index is 0.209. The maximum absolute atomic E-state index is 12.9. The third-order valence-electron chi connectivity index (χ3n) is 4.33. The van der Waals surface area contributed by atoms with Gasteiger partial charge in [0.15, 0.2) is 16.3 Å². The highest BCUT2D eigenvalue weighted by Crippen LogP contribution is 2.37. The van der Waals surface area contributed by atoms with Crippen LogP contribution in [0.15, 0.2) is 48.0 Å². The summed E-state index contributed by atoms with van der Waals surface area (Å²) in [5.41, 5.74) is 1.27. The van der Waals surface area contributed by atoms with Crippen molar-refractivity contribution in [2.24, 2.45) is 4.99 Å². The van der Waals surface area contributed by atoms with Gasteiger partial charge in [0.2, 0.25) is 6.79 Å². The van der Waals surface area contributed by atoms with Gasteiger partial charge in [-0.25, -0.2) is 0 Å². The van der Waals surface area contributed by atoms with Crippen molar-refractivity contribution in [2.45, 2.75) is 6.54 Å². The molecule has 1 amide bonds. The highest BCUT2D eigenvalue weighted by atomic mass is 32.1. The van der Waals surface area contributed by atoms with Gasteiger partial charge in [0.25, 0.3) is 5.91 Å². The molecule has 1 aliphatic heterocycles. The molecule has 2 heterocycles. The summed E-state index contributed by atoms with van der Waals surface area (Å²) in [4.78, 5) is 17.8. The highest BCUT2D eigenvalue weighted by Gasteiger charge is 2.18. The van der Waals surface area contributed by atoms with Crippen molar-refractivity contribution < 1.29 is 23.7 Å². The van der Waals surface area contributed by atoms with Crippen LogP contribution in [0.2, 0.25) is 0 Å². The van der Waals surface area contributed by atoms with Gasteiger partial charge >= 0.3 is 0 Å². The molecule has 8 heteroatoms. The number of aromatic nitrogens is 1. The zero-order valence-corrected chi connectivity index (χ0v) is 16.2. The average Bonchev–Trinajstić information content (AvgIpc) is 3.30. The predicted octanol–water partition coefficient (Wildman–Crippen LogP) is 3.38. The van der Waals surface area contributed by atoms with Gasteiger partial charge in [0.1, 0.15) is 11.5 Å². The van der Waals surface area contributed by atoms with Crippen molar-refractivity contribution >= 4 is 27.5 Å². The molecule has 0 spiro atoms. The van der Waals surface area contributed by atoms with E-state index in [4.69, 9.17) is 18.9 Å². The molecular weight excluding hydrogens is 380 g/mol. The standard InChI is InChI=1S/C20H18N2O5S/c1-4-7-22-14-9-16-17(27-11-26-16)10-18(14)28-20(22)21-19(23)13-6-5-12(24-2)8-15(13)25-3/h4-6,8-10H,1,7,11H2,2-3H3. The molecule has 0 aliphatic carbocycles. The Kier molecular flexibility index (Phi) is 4.79. The Morgan fingerprint density at radius 1 is 1.25 bits per heavy atom. The summed E-state index contributed by atoms with van der Waals surface area (Å²) in [5, 5.41) is 0. The number of methoxy groups -OCH3 is 2. The molecule has 0 saturated heterocycles. The van der Waals surface area contributed by atoms with E-state index in [1.165, 1.54) is 18.4 Å². The summed E-state index contributed by atoms with van der Waals surface area (Å²) in [6, 6.07) is 8.80. The Bertz CT molecular complexity index is 1150. The van der Waals surface area contributed by atoms with Gasteiger partial charge < -0.3 is 23.5 Å². The number of ether oxygens (including phenoxy) is 4. The van der Waals surface area contributed by atoms with E-state index in [-0.39, 0.29) is 6.79 Å². The van der Waals surface area contributed by atoms with Crippen LogP contribution in [-0.4, -0.2) is 31.5 Å². The normalized spacial score (nSPS) is 13.0. The van der Waals surface area contributed by atoms with Crippen LogP contribution in [-0.2, 0) is 6.54 Å². The number of allylic oxidation sites excluding steroid dienone is 1. The van der Waals surface area contributed by atoms with Crippen molar-refractivity contribution in [3.63, 3.8) is 0 Å². The zero-order chi connectivity index (χ0) is 19.7. The maximum Gasteiger partial charge on any atom is 0.283 e. The van der Waals surface area contributed by atoms with Crippen molar-refractivity contribution in [3.05, 3.63) is 53.4 Å². The molecule has 3 aromatic rings. The molecule has 0 atom stereocenters. The summed E-state index contributed by atoms with van der Waals surface area (Å²) >= 11 is 1.40. The lowest BCUT2D eigenvalue weighted by Crippen LogP contribution is -2.16.